The predicted molar refractivity (Wildman–Crippen MR) is 95.1 cm³/mol. The molecule has 3 N–H and O–H groups in total. The molecule has 2 rings (SSSR count). The Kier molecular flexibility index (Phi) is 7.27. The number of carbonyl (C=O) groups is 1. The molecule has 1 saturated heterocycles. The van der Waals surface area contributed by atoms with E-state index in [0.717, 1.165) is 44.1 Å². The van der Waals surface area contributed by atoms with Gasteiger partial charge in [-0.1, -0.05) is 19.9 Å². The van der Waals surface area contributed by atoms with Crippen LogP contribution in [0.3, 0.4) is 0 Å². The maximum absolute atomic E-state index is 11.7. The molecule has 134 valence electrons. The zero-order chi connectivity index (χ0) is 17.4. The first-order valence-corrected chi connectivity index (χ1v) is 8.67. The summed E-state index contributed by atoms with van der Waals surface area (Å²) in [4.78, 5) is 20.9. The highest BCUT2D eigenvalue weighted by Crippen LogP contribution is 2.14. The Morgan fingerprint density at radius 2 is 2.04 bits per heavy atom. The van der Waals surface area contributed by atoms with Crippen LogP contribution < -0.4 is 15.5 Å². The van der Waals surface area contributed by atoms with Gasteiger partial charge in [0.2, 0.25) is 0 Å². The number of rotatable bonds is 7. The second-order valence-corrected chi connectivity index (χ2v) is 6.30. The molecule has 1 aromatic rings. The van der Waals surface area contributed by atoms with E-state index in [-0.39, 0.29) is 18.6 Å². The molecular formula is C17H29N5O2. The second kappa shape index (κ2) is 9.44. The Hall–Kier alpha value is -1.86. The van der Waals surface area contributed by atoms with Crippen LogP contribution in [0.15, 0.2) is 18.3 Å². The number of carbonyl (C=O) groups excluding carboxylic acids is 1. The highest BCUT2D eigenvalue weighted by Gasteiger charge is 2.16. The monoisotopic (exact) mass is 335 g/mol. The molecule has 2 amide bonds. The molecule has 0 aromatic carbocycles. The lowest BCUT2D eigenvalue weighted by atomic mass is 10.2. The lowest BCUT2D eigenvalue weighted by Gasteiger charge is -2.34. The molecule has 0 radical (unpaired) electrons. The number of amides is 2. The van der Waals surface area contributed by atoms with Gasteiger partial charge in [-0.2, -0.15) is 0 Å². The number of hydrogen-bond donors (Lipinski definition) is 3. The van der Waals surface area contributed by atoms with Gasteiger partial charge in [0.15, 0.2) is 0 Å². The smallest absolute Gasteiger partial charge is 0.315 e. The third-order valence-electron chi connectivity index (χ3n) is 4.33. The van der Waals surface area contributed by atoms with E-state index in [0.29, 0.717) is 13.1 Å². The summed E-state index contributed by atoms with van der Waals surface area (Å²) < 4.78 is 0. The number of aromatic nitrogens is 1. The van der Waals surface area contributed by atoms with E-state index in [1.165, 1.54) is 0 Å². The zero-order valence-corrected chi connectivity index (χ0v) is 14.7. The largest absolute Gasteiger partial charge is 0.396 e. The lowest BCUT2D eigenvalue weighted by Crippen LogP contribution is -2.46. The highest BCUT2D eigenvalue weighted by molar-refractivity contribution is 5.73. The summed E-state index contributed by atoms with van der Waals surface area (Å²) in [6, 6.07) is 3.80. The molecule has 1 aliphatic rings. The fourth-order valence-electron chi connectivity index (χ4n) is 2.58. The summed E-state index contributed by atoms with van der Waals surface area (Å²) in [5, 5.41) is 14.5. The normalized spacial score (nSPS) is 16.7. The molecule has 1 fully saturated rings. The van der Waals surface area contributed by atoms with Crippen LogP contribution >= 0.6 is 0 Å². The van der Waals surface area contributed by atoms with Crippen molar-refractivity contribution in [3.63, 3.8) is 0 Å². The Morgan fingerprint density at radius 1 is 1.29 bits per heavy atom. The van der Waals surface area contributed by atoms with Gasteiger partial charge in [0.05, 0.1) is 0 Å². The summed E-state index contributed by atoms with van der Waals surface area (Å²) in [5.41, 5.74) is 0.969. The van der Waals surface area contributed by atoms with Crippen LogP contribution in [0.2, 0.25) is 0 Å². The van der Waals surface area contributed by atoms with Gasteiger partial charge < -0.3 is 25.5 Å². The van der Waals surface area contributed by atoms with Crippen molar-refractivity contribution in [2.75, 3.05) is 50.8 Å². The van der Waals surface area contributed by atoms with Gasteiger partial charge in [-0.05, 0) is 24.1 Å². The zero-order valence-electron chi connectivity index (χ0n) is 14.7. The van der Waals surface area contributed by atoms with E-state index >= 15 is 0 Å². The van der Waals surface area contributed by atoms with Gasteiger partial charge in [-0.25, -0.2) is 9.78 Å². The molecular weight excluding hydrogens is 306 g/mol. The van der Waals surface area contributed by atoms with Crippen molar-refractivity contribution in [2.24, 2.45) is 5.92 Å². The molecule has 2 heterocycles. The van der Waals surface area contributed by atoms with Crippen molar-refractivity contribution in [1.29, 1.82) is 0 Å². The number of anilines is 1. The molecule has 1 unspecified atom stereocenters. The number of hydrogen-bond acceptors (Lipinski definition) is 5. The van der Waals surface area contributed by atoms with Crippen molar-refractivity contribution in [3.8, 4) is 0 Å². The van der Waals surface area contributed by atoms with Crippen molar-refractivity contribution in [3.05, 3.63) is 23.9 Å². The van der Waals surface area contributed by atoms with Gasteiger partial charge in [0.25, 0.3) is 0 Å². The van der Waals surface area contributed by atoms with Crippen LogP contribution in [0.1, 0.15) is 19.4 Å². The fourth-order valence-corrected chi connectivity index (χ4v) is 2.58. The van der Waals surface area contributed by atoms with E-state index in [2.05, 4.69) is 32.3 Å². The van der Waals surface area contributed by atoms with E-state index in [4.69, 9.17) is 5.11 Å². The number of nitrogens with zero attached hydrogens (tertiary/aromatic N) is 3. The average Bonchev–Trinajstić information content (AvgIpc) is 2.64. The number of pyridine rings is 1. The van der Waals surface area contributed by atoms with Crippen molar-refractivity contribution in [1.82, 2.24) is 20.5 Å². The maximum atomic E-state index is 11.7. The van der Waals surface area contributed by atoms with Crippen LogP contribution in [0, 0.1) is 5.92 Å². The Balaban J connectivity index is 1.75. The van der Waals surface area contributed by atoms with E-state index in [9.17, 15) is 4.79 Å². The van der Waals surface area contributed by atoms with Gasteiger partial charge in [-0.15, -0.1) is 0 Å². The van der Waals surface area contributed by atoms with Crippen LogP contribution in [-0.2, 0) is 6.54 Å². The molecule has 7 nitrogen and oxygen atoms in total. The van der Waals surface area contributed by atoms with Crippen LogP contribution in [0.4, 0.5) is 10.6 Å². The third kappa shape index (κ3) is 5.65. The average molecular weight is 335 g/mol. The number of nitrogens with one attached hydrogen (secondary N) is 2. The number of aliphatic hydroxyl groups is 1. The quantitative estimate of drug-likeness (QED) is 0.682. The number of aliphatic hydroxyl groups excluding tert-OH is 1. The van der Waals surface area contributed by atoms with Crippen LogP contribution in [-0.4, -0.2) is 66.9 Å². The van der Waals surface area contributed by atoms with Crippen molar-refractivity contribution in [2.45, 2.75) is 20.4 Å². The summed E-state index contributed by atoms with van der Waals surface area (Å²) in [6.07, 6.45) is 1.82. The Labute approximate surface area is 144 Å². The molecule has 0 aliphatic carbocycles. The number of likely N-dealkylation sites (N-methyl/N-ethyl adjacent to an activating group) is 1. The van der Waals surface area contributed by atoms with Gasteiger partial charge >= 0.3 is 6.03 Å². The summed E-state index contributed by atoms with van der Waals surface area (Å²) in [7, 11) is 0. The number of urea groups is 1. The van der Waals surface area contributed by atoms with Gasteiger partial charge in [-0.3, -0.25) is 0 Å². The minimum absolute atomic E-state index is 0.0601. The molecule has 1 atom stereocenters. The molecule has 0 bridgehead atoms. The standard InChI is InChI=1S/C17H29N5O2/c1-3-21-6-8-22(9-7-21)16-5-4-15(11-18-16)12-20-17(24)19-10-14(2)13-23/h4-5,11,14,23H,3,6-10,12-13H2,1-2H3,(H2,19,20,24). The van der Waals surface area contributed by atoms with Crippen molar-refractivity contribution >= 4 is 11.8 Å². The molecule has 0 saturated carbocycles. The minimum Gasteiger partial charge on any atom is -0.396 e. The molecule has 1 aliphatic heterocycles. The first-order chi connectivity index (χ1) is 11.6. The molecule has 1 aromatic heterocycles. The summed E-state index contributed by atoms with van der Waals surface area (Å²) >= 11 is 0. The number of piperazine rings is 1. The second-order valence-electron chi connectivity index (χ2n) is 6.30. The SMILES string of the molecule is CCN1CCN(c2ccc(CNC(=O)NCC(C)CO)cn2)CC1. The first-order valence-electron chi connectivity index (χ1n) is 8.67. The van der Waals surface area contributed by atoms with E-state index in [1.807, 2.05) is 25.3 Å². The van der Waals surface area contributed by atoms with E-state index in [1.54, 1.807) is 0 Å². The first kappa shape index (κ1) is 18.5. The fraction of sp³-hybridized carbons (Fsp3) is 0.647. The topological polar surface area (TPSA) is 80.7 Å². The Morgan fingerprint density at radius 3 is 2.62 bits per heavy atom. The van der Waals surface area contributed by atoms with Gasteiger partial charge in [0, 0.05) is 52.1 Å². The molecule has 24 heavy (non-hydrogen) atoms. The lowest BCUT2D eigenvalue weighted by molar-refractivity contribution is 0.222. The molecule has 0 spiro atoms. The van der Waals surface area contributed by atoms with E-state index < -0.39 is 0 Å². The summed E-state index contributed by atoms with van der Waals surface area (Å²) in [5.74, 6) is 1.06. The third-order valence-corrected chi connectivity index (χ3v) is 4.33. The van der Waals surface area contributed by atoms with Gasteiger partial charge in [0.1, 0.15) is 5.82 Å². The maximum Gasteiger partial charge on any atom is 0.315 e. The minimum atomic E-state index is -0.227. The van der Waals surface area contributed by atoms with Crippen molar-refractivity contribution < 1.29 is 9.90 Å². The predicted octanol–water partition coefficient (Wildman–Crippen LogP) is 0.651. The molecule has 7 heteroatoms. The van der Waals surface area contributed by atoms with Crippen LogP contribution in [0.25, 0.3) is 0 Å². The summed E-state index contributed by atoms with van der Waals surface area (Å²) in [6.45, 7) is 10.3. The Bertz CT molecular complexity index is 500. The highest BCUT2D eigenvalue weighted by atomic mass is 16.3. The van der Waals surface area contributed by atoms with Crippen LogP contribution in [0.5, 0.6) is 0 Å².